The number of oxime groups is 1. The summed E-state index contributed by atoms with van der Waals surface area (Å²) in [5.74, 6) is -0.369. The van der Waals surface area contributed by atoms with Crippen LogP contribution in [0.5, 0.6) is 5.75 Å². The van der Waals surface area contributed by atoms with E-state index in [1.54, 1.807) is 12.3 Å². The Labute approximate surface area is 106 Å². The molecule has 3 N–H and O–H groups in total. The minimum absolute atomic E-state index is 0.0746. The molecule has 1 rings (SSSR count). The number of nitrogens with zero attached hydrogens (tertiary/aromatic N) is 1. The lowest BCUT2D eigenvalue weighted by atomic mass is 10.2. The summed E-state index contributed by atoms with van der Waals surface area (Å²) in [6.45, 7) is -1.43. The number of hydrogen-bond donors (Lipinski definition) is 2. The fraction of sp³-hybridized carbons (Fsp3) is 0.300. The van der Waals surface area contributed by atoms with Crippen molar-refractivity contribution in [1.82, 2.24) is 0 Å². The first-order valence-electron chi connectivity index (χ1n) is 4.73. The molecule has 0 saturated heterocycles. The monoisotopic (exact) mass is 280 g/mol. The number of amidine groups is 1. The molecule has 0 radical (unpaired) electrons. The Morgan fingerprint density at radius 2 is 2.17 bits per heavy atom. The van der Waals surface area contributed by atoms with Gasteiger partial charge in [0.25, 0.3) is 0 Å². The maximum Gasteiger partial charge on any atom is 0.422 e. The van der Waals surface area contributed by atoms with Crippen LogP contribution in [0.4, 0.5) is 13.2 Å². The molecule has 100 valence electrons. The number of nitrogens with two attached hydrogens (primary N) is 1. The third-order valence-corrected chi connectivity index (χ3v) is 2.74. The standard InChI is InChI=1S/C10H11F3N2O2S/c1-18-7-4-2-3-6(8(7)9(14)15-16)17-5-10(11,12)13/h2-4,16H,5H2,1H3,(H2,14,15). The zero-order valence-electron chi connectivity index (χ0n) is 9.36. The van der Waals surface area contributed by atoms with E-state index in [0.29, 0.717) is 4.90 Å². The van der Waals surface area contributed by atoms with Crippen LogP contribution < -0.4 is 10.5 Å². The van der Waals surface area contributed by atoms with E-state index in [2.05, 4.69) is 9.89 Å². The summed E-state index contributed by atoms with van der Waals surface area (Å²) >= 11 is 1.25. The lowest BCUT2D eigenvalue weighted by molar-refractivity contribution is -0.153. The number of rotatable bonds is 4. The molecule has 0 unspecified atom stereocenters. The first-order chi connectivity index (χ1) is 8.39. The van der Waals surface area contributed by atoms with Gasteiger partial charge >= 0.3 is 6.18 Å². The van der Waals surface area contributed by atoms with Gasteiger partial charge in [-0.05, 0) is 18.4 Å². The summed E-state index contributed by atoms with van der Waals surface area (Å²) in [5.41, 5.74) is 5.59. The van der Waals surface area contributed by atoms with Gasteiger partial charge in [0.15, 0.2) is 12.4 Å². The van der Waals surface area contributed by atoms with Gasteiger partial charge in [-0.15, -0.1) is 11.8 Å². The SMILES string of the molecule is CSc1cccc(OCC(F)(F)F)c1/C(N)=N/O. The Kier molecular flexibility index (Phi) is 4.71. The van der Waals surface area contributed by atoms with E-state index >= 15 is 0 Å². The number of hydrogen-bond acceptors (Lipinski definition) is 4. The van der Waals surface area contributed by atoms with Crippen LogP contribution in [0.1, 0.15) is 5.56 Å². The Morgan fingerprint density at radius 3 is 2.67 bits per heavy atom. The molecule has 0 aliphatic rings. The molecular formula is C10H11F3N2O2S. The van der Waals surface area contributed by atoms with Crippen molar-refractivity contribution in [3.05, 3.63) is 23.8 Å². The zero-order chi connectivity index (χ0) is 13.8. The maximum atomic E-state index is 12.1. The van der Waals surface area contributed by atoms with E-state index < -0.39 is 12.8 Å². The van der Waals surface area contributed by atoms with E-state index in [1.807, 2.05) is 0 Å². The highest BCUT2D eigenvalue weighted by atomic mass is 32.2. The maximum absolute atomic E-state index is 12.1. The first-order valence-corrected chi connectivity index (χ1v) is 5.96. The number of ether oxygens (including phenoxy) is 1. The van der Waals surface area contributed by atoms with E-state index in [-0.39, 0.29) is 17.1 Å². The van der Waals surface area contributed by atoms with Gasteiger partial charge in [0.1, 0.15) is 5.75 Å². The molecule has 0 heterocycles. The van der Waals surface area contributed by atoms with Crippen molar-refractivity contribution < 1.29 is 23.1 Å². The highest BCUT2D eigenvalue weighted by Gasteiger charge is 2.29. The van der Waals surface area contributed by atoms with Crippen molar-refractivity contribution in [3.63, 3.8) is 0 Å². The molecule has 4 nitrogen and oxygen atoms in total. The quantitative estimate of drug-likeness (QED) is 0.292. The van der Waals surface area contributed by atoms with Gasteiger partial charge in [0.2, 0.25) is 0 Å². The predicted octanol–water partition coefficient (Wildman–Crippen LogP) is 2.44. The van der Waals surface area contributed by atoms with Gasteiger partial charge in [0.05, 0.1) is 5.56 Å². The summed E-state index contributed by atoms with van der Waals surface area (Å²) in [6, 6.07) is 4.50. The second-order valence-electron chi connectivity index (χ2n) is 3.22. The molecule has 0 saturated carbocycles. The van der Waals surface area contributed by atoms with Crippen LogP contribution in [0.25, 0.3) is 0 Å². The van der Waals surface area contributed by atoms with Crippen molar-refractivity contribution in [2.24, 2.45) is 10.9 Å². The summed E-state index contributed by atoms with van der Waals surface area (Å²) < 4.78 is 40.9. The molecule has 0 aromatic heterocycles. The van der Waals surface area contributed by atoms with E-state index in [1.165, 1.54) is 23.9 Å². The Morgan fingerprint density at radius 1 is 1.50 bits per heavy atom. The number of halogens is 3. The third-order valence-electron chi connectivity index (χ3n) is 1.96. The van der Waals surface area contributed by atoms with Crippen LogP contribution in [0, 0.1) is 0 Å². The first kappa shape index (κ1) is 14.5. The van der Waals surface area contributed by atoms with Gasteiger partial charge in [-0.1, -0.05) is 11.2 Å². The molecule has 0 aliphatic carbocycles. The molecule has 1 aromatic rings. The highest BCUT2D eigenvalue weighted by molar-refractivity contribution is 7.98. The van der Waals surface area contributed by atoms with Crippen LogP contribution in [0.2, 0.25) is 0 Å². The largest absolute Gasteiger partial charge is 0.483 e. The topological polar surface area (TPSA) is 67.8 Å². The highest BCUT2D eigenvalue weighted by Crippen LogP contribution is 2.29. The van der Waals surface area contributed by atoms with Crippen molar-refractivity contribution in [2.75, 3.05) is 12.9 Å². The summed E-state index contributed by atoms with van der Waals surface area (Å²) in [4.78, 5) is 0.560. The van der Waals surface area contributed by atoms with E-state index in [9.17, 15) is 13.2 Å². The van der Waals surface area contributed by atoms with Gasteiger partial charge < -0.3 is 15.7 Å². The number of thioether (sulfide) groups is 1. The molecule has 0 spiro atoms. The summed E-state index contributed by atoms with van der Waals surface area (Å²) in [5, 5.41) is 11.4. The smallest absolute Gasteiger partial charge is 0.422 e. The van der Waals surface area contributed by atoms with Crippen molar-refractivity contribution >= 4 is 17.6 Å². The fourth-order valence-electron chi connectivity index (χ4n) is 1.26. The second-order valence-corrected chi connectivity index (χ2v) is 4.07. The molecule has 18 heavy (non-hydrogen) atoms. The van der Waals surface area contributed by atoms with Crippen LogP contribution in [-0.4, -0.2) is 30.1 Å². The van der Waals surface area contributed by atoms with Crippen LogP contribution in [-0.2, 0) is 0 Å². The van der Waals surface area contributed by atoms with Gasteiger partial charge in [-0.2, -0.15) is 13.2 Å². The molecule has 0 aliphatic heterocycles. The molecular weight excluding hydrogens is 269 g/mol. The molecule has 8 heteroatoms. The Bertz CT molecular complexity index is 449. The predicted molar refractivity (Wildman–Crippen MR) is 62.3 cm³/mol. The summed E-state index contributed by atoms with van der Waals surface area (Å²) in [7, 11) is 0. The van der Waals surface area contributed by atoms with E-state index in [4.69, 9.17) is 10.9 Å². The Balaban J connectivity index is 3.11. The third kappa shape index (κ3) is 3.73. The second kappa shape index (κ2) is 5.85. The van der Waals surface area contributed by atoms with Gasteiger partial charge in [-0.3, -0.25) is 0 Å². The van der Waals surface area contributed by atoms with Gasteiger partial charge in [0, 0.05) is 4.90 Å². The minimum Gasteiger partial charge on any atom is -0.483 e. The van der Waals surface area contributed by atoms with Crippen LogP contribution in [0.3, 0.4) is 0 Å². The molecule has 0 fully saturated rings. The van der Waals surface area contributed by atoms with Gasteiger partial charge in [-0.25, -0.2) is 0 Å². The van der Waals surface area contributed by atoms with E-state index in [0.717, 1.165) is 0 Å². The number of benzene rings is 1. The molecule has 0 amide bonds. The lowest BCUT2D eigenvalue weighted by Crippen LogP contribution is -2.22. The Hall–Kier alpha value is -1.57. The molecule has 1 aromatic carbocycles. The minimum atomic E-state index is -4.45. The van der Waals surface area contributed by atoms with Crippen LogP contribution >= 0.6 is 11.8 Å². The van der Waals surface area contributed by atoms with Crippen molar-refractivity contribution in [2.45, 2.75) is 11.1 Å². The molecule has 0 bridgehead atoms. The van der Waals surface area contributed by atoms with Crippen molar-refractivity contribution in [3.8, 4) is 5.75 Å². The summed E-state index contributed by atoms with van der Waals surface area (Å²) in [6.07, 6.45) is -2.73. The van der Waals surface area contributed by atoms with Crippen LogP contribution in [0.15, 0.2) is 28.3 Å². The lowest BCUT2D eigenvalue weighted by Gasteiger charge is -2.14. The average Bonchev–Trinajstić information content (AvgIpc) is 2.33. The average molecular weight is 280 g/mol. The molecule has 0 atom stereocenters. The fourth-order valence-corrected chi connectivity index (χ4v) is 1.89. The zero-order valence-corrected chi connectivity index (χ0v) is 10.2. The number of alkyl halides is 3. The van der Waals surface area contributed by atoms with Crippen molar-refractivity contribution in [1.29, 1.82) is 0 Å². The normalized spacial score (nSPS) is 12.6.